The molecule has 2 aromatic carbocycles. The van der Waals surface area contributed by atoms with Gasteiger partial charge in [-0.1, -0.05) is 60.7 Å². The Labute approximate surface area is 209 Å². The maximum absolute atomic E-state index is 13.3. The topological polar surface area (TPSA) is 101 Å². The van der Waals surface area contributed by atoms with Crippen LogP contribution in [0.25, 0.3) is 0 Å². The third-order valence-corrected chi connectivity index (χ3v) is 5.96. The molecule has 2 heterocycles. The van der Waals surface area contributed by atoms with E-state index >= 15 is 0 Å². The largest absolute Gasteiger partial charge is 1.00 e. The number of quaternary nitrogens is 1. The van der Waals surface area contributed by atoms with Crippen LogP contribution >= 0.6 is 0 Å². The van der Waals surface area contributed by atoms with E-state index in [4.69, 9.17) is 4.74 Å². The maximum Gasteiger partial charge on any atom is 0.348 e. The minimum absolute atomic E-state index is 0. The number of ether oxygens (including phenoxy) is 1. The highest BCUT2D eigenvalue weighted by molar-refractivity contribution is 5.90. The van der Waals surface area contributed by atoms with Crippen molar-refractivity contribution in [2.45, 2.75) is 18.1 Å². The molecule has 4 rings (SSSR count). The molecule has 1 saturated heterocycles. The average molecular weight is 527 g/mol. The molecule has 9 heteroatoms. The zero-order chi connectivity index (χ0) is 23.3. The summed E-state index contributed by atoms with van der Waals surface area (Å²) in [6.07, 6.45) is 3.12. The van der Waals surface area contributed by atoms with Gasteiger partial charge in [-0.25, -0.2) is 14.8 Å². The Bertz CT molecular complexity index is 1060. The summed E-state index contributed by atoms with van der Waals surface area (Å²) in [5.41, 5.74) is -1.03. The number of hydrogen-bond donors (Lipinski definition) is 2. The lowest BCUT2D eigenvalue weighted by molar-refractivity contribution is -0.890. The molecule has 1 aliphatic heterocycles. The summed E-state index contributed by atoms with van der Waals surface area (Å²) in [5, 5.41) is 14.3. The number of amides is 1. The molecular weight excluding hydrogens is 500 g/mol. The molecule has 3 aromatic rings. The van der Waals surface area contributed by atoms with Gasteiger partial charge in [-0.2, -0.15) is 0 Å². The number of likely N-dealkylation sites (tertiary alicyclic amines) is 1. The number of carbonyl (C=O) groups is 2. The second-order valence-electron chi connectivity index (χ2n) is 8.59. The number of likely N-dealkylation sites (N-methyl/N-ethyl adjacent to an activating group) is 1. The van der Waals surface area contributed by atoms with Gasteiger partial charge in [0.05, 0.1) is 13.6 Å². The van der Waals surface area contributed by atoms with Gasteiger partial charge in [0.25, 0.3) is 5.91 Å². The van der Waals surface area contributed by atoms with Crippen molar-refractivity contribution in [3.8, 4) is 0 Å². The molecule has 1 unspecified atom stereocenters. The molecule has 8 nitrogen and oxygen atoms in total. The van der Waals surface area contributed by atoms with E-state index in [2.05, 4.69) is 15.3 Å². The maximum atomic E-state index is 13.3. The van der Waals surface area contributed by atoms with Gasteiger partial charge in [0.2, 0.25) is 5.60 Å². The number of hydrogen-bond acceptors (Lipinski definition) is 6. The summed E-state index contributed by atoms with van der Waals surface area (Å²) in [5.74, 6) is -0.448. The monoisotopic (exact) mass is 526 g/mol. The van der Waals surface area contributed by atoms with E-state index < -0.39 is 17.7 Å². The van der Waals surface area contributed by atoms with Crippen molar-refractivity contribution in [2.24, 2.45) is 0 Å². The summed E-state index contributed by atoms with van der Waals surface area (Å²) in [6, 6.07) is 19.2. The van der Waals surface area contributed by atoms with Crippen molar-refractivity contribution in [3.63, 3.8) is 0 Å². The Balaban J connectivity index is 0.00000324. The number of esters is 1. The minimum Gasteiger partial charge on any atom is -1.00 e. The molecule has 0 bridgehead atoms. The predicted octanol–water partition coefficient (Wildman–Crippen LogP) is -0.883. The van der Waals surface area contributed by atoms with Gasteiger partial charge in [-0.15, -0.1) is 0 Å². The second kappa shape index (κ2) is 10.9. The standard InChI is InChI=1S/C25H26N4O4.BrH/c1-29(17-23(30)28-22-12-14-26-18-27-22)15-13-21(16-29)33-24(31)25(32,19-8-4-2-5-9-19)20-10-6-3-7-11-20;/h2-12,14,18,21,32H,13,15-17H2,1H3;1H/t21-,29?;/m1./s1. The van der Waals surface area contributed by atoms with E-state index in [9.17, 15) is 14.7 Å². The molecule has 0 aliphatic carbocycles. The quantitative estimate of drug-likeness (QED) is 0.306. The van der Waals surface area contributed by atoms with E-state index in [0.29, 0.717) is 40.9 Å². The van der Waals surface area contributed by atoms with Crippen LogP contribution < -0.4 is 22.3 Å². The molecule has 2 atom stereocenters. The molecule has 2 N–H and O–H groups in total. The van der Waals surface area contributed by atoms with E-state index in [-0.39, 0.29) is 29.4 Å². The van der Waals surface area contributed by atoms with Crippen LogP contribution in [-0.2, 0) is 19.9 Å². The number of carbonyl (C=O) groups excluding carboxylic acids is 2. The Kier molecular flexibility index (Phi) is 8.14. The number of aliphatic hydroxyl groups is 1. The second-order valence-corrected chi connectivity index (χ2v) is 8.59. The smallest absolute Gasteiger partial charge is 0.348 e. The summed E-state index contributed by atoms with van der Waals surface area (Å²) >= 11 is 0. The van der Waals surface area contributed by atoms with Gasteiger partial charge < -0.3 is 36.6 Å². The van der Waals surface area contributed by atoms with Crippen LogP contribution in [0.3, 0.4) is 0 Å². The van der Waals surface area contributed by atoms with Crippen LogP contribution in [0, 0.1) is 0 Å². The highest BCUT2D eigenvalue weighted by Gasteiger charge is 2.45. The van der Waals surface area contributed by atoms with Crippen molar-refractivity contribution < 1.29 is 40.9 Å². The molecule has 0 spiro atoms. The normalized spacial score (nSPS) is 19.6. The van der Waals surface area contributed by atoms with Crippen LogP contribution in [-0.4, -0.2) is 64.2 Å². The summed E-state index contributed by atoms with van der Waals surface area (Å²) in [7, 11) is 1.95. The Morgan fingerprint density at radius 3 is 2.26 bits per heavy atom. The third kappa shape index (κ3) is 5.67. The molecule has 1 aliphatic rings. The fourth-order valence-electron chi connectivity index (χ4n) is 4.26. The molecule has 1 aromatic heterocycles. The van der Waals surface area contributed by atoms with E-state index in [1.165, 1.54) is 6.33 Å². The molecule has 1 fully saturated rings. The predicted molar refractivity (Wildman–Crippen MR) is 122 cm³/mol. The van der Waals surface area contributed by atoms with Crippen LogP contribution in [0.4, 0.5) is 5.82 Å². The van der Waals surface area contributed by atoms with Gasteiger partial charge in [0.1, 0.15) is 18.7 Å². The van der Waals surface area contributed by atoms with Gasteiger partial charge in [-0.05, 0) is 17.2 Å². The molecule has 0 saturated carbocycles. The highest BCUT2D eigenvalue weighted by Crippen LogP contribution is 2.32. The molecule has 178 valence electrons. The Hall–Kier alpha value is -3.14. The van der Waals surface area contributed by atoms with Crippen LogP contribution in [0.15, 0.2) is 79.3 Å². The van der Waals surface area contributed by atoms with Crippen molar-refractivity contribution in [2.75, 3.05) is 32.0 Å². The van der Waals surface area contributed by atoms with Crippen molar-refractivity contribution in [1.29, 1.82) is 0 Å². The first-order valence-corrected chi connectivity index (χ1v) is 10.8. The average Bonchev–Trinajstić information content (AvgIpc) is 3.19. The van der Waals surface area contributed by atoms with Gasteiger partial charge in [-0.3, -0.25) is 4.79 Å². The first-order chi connectivity index (χ1) is 15.9. The number of nitrogens with one attached hydrogen (secondary N) is 1. The highest BCUT2D eigenvalue weighted by atomic mass is 79.9. The number of benzene rings is 2. The molecule has 34 heavy (non-hydrogen) atoms. The van der Waals surface area contributed by atoms with Gasteiger partial charge in [0, 0.05) is 12.6 Å². The lowest BCUT2D eigenvalue weighted by atomic mass is 9.86. The first kappa shape index (κ1) is 25.5. The van der Waals surface area contributed by atoms with Crippen LogP contribution in [0.5, 0.6) is 0 Å². The number of halogens is 1. The van der Waals surface area contributed by atoms with E-state index in [1.54, 1.807) is 60.8 Å². The first-order valence-electron chi connectivity index (χ1n) is 10.8. The Morgan fingerprint density at radius 1 is 1.09 bits per heavy atom. The Morgan fingerprint density at radius 2 is 1.71 bits per heavy atom. The lowest BCUT2D eigenvalue weighted by Gasteiger charge is -2.30. The van der Waals surface area contributed by atoms with Crippen molar-refractivity contribution in [1.82, 2.24) is 9.97 Å². The number of nitrogens with zero attached hydrogens (tertiary/aromatic N) is 3. The zero-order valence-corrected chi connectivity index (χ0v) is 20.4. The summed E-state index contributed by atoms with van der Waals surface area (Å²) in [6.45, 7) is 1.37. The zero-order valence-electron chi connectivity index (χ0n) is 18.8. The van der Waals surface area contributed by atoms with Crippen molar-refractivity contribution >= 4 is 17.7 Å². The van der Waals surface area contributed by atoms with E-state index in [1.807, 2.05) is 19.2 Å². The molecular formula is C25H27BrN4O4. The molecule has 0 radical (unpaired) electrons. The minimum atomic E-state index is -1.92. The van der Waals surface area contributed by atoms with Gasteiger partial charge in [0.15, 0.2) is 12.6 Å². The van der Waals surface area contributed by atoms with E-state index in [0.717, 1.165) is 0 Å². The lowest BCUT2D eigenvalue weighted by Crippen LogP contribution is -3.00. The van der Waals surface area contributed by atoms with Crippen LogP contribution in [0.1, 0.15) is 17.5 Å². The fourth-order valence-corrected chi connectivity index (χ4v) is 4.26. The fraction of sp³-hybridized carbons (Fsp3) is 0.280. The van der Waals surface area contributed by atoms with Crippen LogP contribution in [0.2, 0.25) is 0 Å². The summed E-state index contributed by atoms with van der Waals surface area (Å²) < 4.78 is 6.24. The number of rotatable bonds is 7. The van der Waals surface area contributed by atoms with Gasteiger partial charge >= 0.3 is 5.97 Å². The number of aromatic nitrogens is 2. The SMILES string of the molecule is C[N+]1(CC(=O)Nc2ccncn2)CC[C@@H](OC(=O)C(O)(c2ccccc2)c2ccccc2)C1.[Br-]. The third-order valence-electron chi connectivity index (χ3n) is 5.96. The number of anilines is 1. The molecule has 1 amide bonds. The summed E-state index contributed by atoms with van der Waals surface area (Å²) in [4.78, 5) is 33.7. The van der Waals surface area contributed by atoms with Crippen molar-refractivity contribution in [3.05, 3.63) is 90.4 Å².